The summed E-state index contributed by atoms with van der Waals surface area (Å²) >= 11 is 0. The van der Waals surface area contributed by atoms with Crippen molar-refractivity contribution in [3.05, 3.63) is 152 Å². The fourth-order valence-corrected chi connectivity index (χ4v) is 8.30. The van der Waals surface area contributed by atoms with Crippen molar-refractivity contribution >= 4 is 81.9 Å². The van der Waals surface area contributed by atoms with Crippen molar-refractivity contribution in [3.63, 3.8) is 0 Å². The summed E-state index contributed by atoms with van der Waals surface area (Å²) in [4.78, 5) is 15.6. The van der Waals surface area contributed by atoms with Gasteiger partial charge in [0.2, 0.25) is 5.89 Å². The highest BCUT2D eigenvalue weighted by Crippen LogP contribution is 2.45. The van der Waals surface area contributed by atoms with Crippen LogP contribution in [0, 0.1) is 0 Å². The third-order valence-corrected chi connectivity index (χ3v) is 10.5. The molecule has 0 unspecified atom stereocenters. The molecule has 236 valence electrons. The van der Waals surface area contributed by atoms with Gasteiger partial charge in [-0.2, -0.15) is 0 Å². The van der Waals surface area contributed by atoms with Crippen molar-refractivity contribution in [2.75, 3.05) is 0 Å². The summed E-state index contributed by atoms with van der Waals surface area (Å²) in [6.45, 7) is 0. The number of fused-ring (bicyclic) bond motifs is 12. The highest BCUT2D eigenvalue weighted by molar-refractivity contribution is 6.30. The molecule has 0 atom stereocenters. The minimum atomic E-state index is 0.614. The van der Waals surface area contributed by atoms with Crippen molar-refractivity contribution in [2.24, 2.45) is 0 Å². The van der Waals surface area contributed by atoms with Crippen molar-refractivity contribution in [1.82, 2.24) is 23.9 Å². The van der Waals surface area contributed by atoms with E-state index in [1.165, 1.54) is 16.2 Å². The molecule has 0 aliphatic heterocycles. The molecule has 6 heteroatoms. The molecule has 0 N–H and O–H groups in total. The molecule has 0 aliphatic carbocycles. The van der Waals surface area contributed by atoms with Gasteiger partial charge in [-0.1, -0.05) is 84.9 Å². The standard InChI is InChI=1S/C45H25N5O/c1-2-12-26(13-3-1)45-47-35-25-32-30-16-7-9-19-36(30)49-39-23-22-27(24-33(39)40(41(32)49)42(35)51-45)43-46-34-18-8-4-17-31(34)44(48-43)50-37-20-10-5-14-28(37)29-15-6-11-21-38(29)50/h1-25H. The third-order valence-electron chi connectivity index (χ3n) is 10.5. The van der Waals surface area contributed by atoms with Crippen LogP contribution in [0.15, 0.2) is 156 Å². The zero-order valence-corrected chi connectivity index (χ0v) is 27.1. The Hall–Kier alpha value is -7.05. The largest absolute Gasteiger partial charge is 0.435 e. The number of para-hydroxylation sites is 4. The fraction of sp³-hybridized carbons (Fsp3) is 0. The molecule has 5 aromatic heterocycles. The van der Waals surface area contributed by atoms with E-state index < -0.39 is 0 Å². The molecule has 51 heavy (non-hydrogen) atoms. The van der Waals surface area contributed by atoms with Crippen LogP contribution in [0.2, 0.25) is 0 Å². The van der Waals surface area contributed by atoms with Crippen molar-refractivity contribution in [2.45, 2.75) is 0 Å². The lowest BCUT2D eigenvalue weighted by Crippen LogP contribution is -2.02. The summed E-state index contributed by atoms with van der Waals surface area (Å²) in [5.41, 5.74) is 10.0. The minimum absolute atomic E-state index is 0.614. The van der Waals surface area contributed by atoms with Crippen LogP contribution in [-0.2, 0) is 0 Å². The Morgan fingerprint density at radius 2 is 1.06 bits per heavy atom. The second-order valence-electron chi connectivity index (χ2n) is 13.2. The average molecular weight is 652 g/mol. The number of hydrogen-bond acceptors (Lipinski definition) is 4. The maximum atomic E-state index is 6.66. The normalized spacial score (nSPS) is 12.3. The lowest BCUT2D eigenvalue weighted by Gasteiger charge is -2.12. The lowest BCUT2D eigenvalue weighted by atomic mass is 10.0. The summed E-state index contributed by atoms with van der Waals surface area (Å²) in [6, 6.07) is 52.9. The van der Waals surface area contributed by atoms with Gasteiger partial charge in [0, 0.05) is 43.4 Å². The quantitative estimate of drug-likeness (QED) is 0.191. The van der Waals surface area contributed by atoms with Crippen LogP contribution in [0.25, 0.3) is 111 Å². The Kier molecular flexibility index (Phi) is 5.14. The van der Waals surface area contributed by atoms with Gasteiger partial charge in [0.05, 0.1) is 38.5 Å². The van der Waals surface area contributed by atoms with Gasteiger partial charge in [-0.25, -0.2) is 15.0 Å². The Balaban J connectivity index is 1.17. The second kappa shape index (κ2) is 9.77. The highest BCUT2D eigenvalue weighted by Gasteiger charge is 2.24. The maximum Gasteiger partial charge on any atom is 0.227 e. The van der Waals surface area contributed by atoms with Crippen molar-refractivity contribution in [1.29, 1.82) is 0 Å². The fourth-order valence-electron chi connectivity index (χ4n) is 8.30. The van der Waals surface area contributed by atoms with Gasteiger partial charge in [-0.05, 0) is 66.7 Å². The van der Waals surface area contributed by atoms with Gasteiger partial charge < -0.3 is 8.82 Å². The van der Waals surface area contributed by atoms with E-state index >= 15 is 0 Å². The Morgan fingerprint density at radius 1 is 0.431 bits per heavy atom. The first kappa shape index (κ1) is 26.9. The molecule has 0 aliphatic rings. The molecule has 6 nitrogen and oxygen atoms in total. The Bertz CT molecular complexity index is 3320. The number of nitrogens with zero attached hydrogens (tertiary/aromatic N) is 5. The molecular formula is C45H25N5O. The zero-order valence-electron chi connectivity index (χ0n) is 27.1. The molecule has 12 aromatic rings. The molecule has 0 saturated heterocycles. The minimum Gasteiger partial charge on any atom is -0.435 e. The van der Waals surface area contributed by atoms with E-state index in [0.29, 0.717) is 11.7 Å². The smallest absolute Gasteiger partial charge is 0.227 e. The predicted octanol–water partition coefficient (Wildman–Crippen LogP) is 11.4. The van der Waals surface area contributed by atoms with Crippen LogP contribution in [0.3, 0.4) is 0 Å². The molecule has 0 bridgehead atoms. The highest BCUT2D eigenvalue weighted by atomic mass is 16.3. The summed E-state index contributed by atoms with van der Waals surface area (Å²) in [7, 11) is 0. The number of aromatic nitrogens is 5. The first-order valence-electron chi connectivity index (χ1n) is 17.1. The maximum absolute atomic E-state index is 6.66. The summed E-state index contributed by atoms with van der Waals surface area (Å²) < 4.78 is 11.3. The van der Waals surface area contributed by atoms with E-state index in [1.807, 2.05) is 36.4 Å². The molecule has 0 spiro atoms. The topological polar surface area (TPSA) is 61.2 Å². The van der Waals surface area contributed by atoms with Gasteiger partial charge in [0.25, 0.3) is 0 Å². The molecule has 5 heterocycles. The van der Waals surface area contributed by atoms with Crippen LogP contribution >= 0.6 is 0 Å². The van der Waals surface area contributed by atoms with E-state index in [-0.39, 0.29) is 0 Å². The molecule has 0 fully saturated rings. The van der Waals surface area contributed by atoms with Gasteiger partial charge in [0.15, 0.2) is 11.4 Å². The molecular weight excluding hydrogens is 627 g/mol. The van der Waals surface area contributed by atoms with Gasteiger partial charge >= 0.3 is 0 Å². The second-order valence-corrected chi connectivity index (χ2v) is 13.2. The summed E-state index contributed by atoms with van der Waals surface area (Å²) in [5, 5.41) is 7.88. The van der Waals surface area contributed by atoms with E-state index in [2.05, 4.69) is 124 Å². The predicted molar refractivity (Wildman–Crippen MR) is 207 cm³/mol. The number of benzene rings is 7. The lowest BCUT2D eigenvalue weighted by molar-refractivity contribution is 0.623. The zero-order chi connectivity index (χ0) is 33.2. The van der Waals surface area contributed by atoms with Crippen LogP contribution in [-0.4, -0.2) is 23.9 Å². The van der Waals surface area contributed by atoms with Crippen molar-refractivity contribution < 1.29 is 4.42 Å². The van der Waals surface area contributed by atoms with Gasteiger partial charge in [0.1, 0.15) is 11.3 Å². The first-order valence-corrected chi connectivity index (χ1v) is 17.1. The Labute approximate surface area is 289 Å². The number of oxazole rings is 1. The van der Waals surface area contributed by atoms with Crippen LogP contribution in [0.5, 0.6) is 0 Å². The van der Waals surface area contributed by atoms with Gasteiger partial charge in [-0.15, -0.1) is 0 Å². The summed E-state index contributed by atoms with van der Waals surface area (Å²) in [5.74, 6) is 2.14. The van der Waals surface area contributed by atoms with E-state index in [1.54, 1.807) is 0 Å². The van der Waals surface area contributed by atoms with Crippen LogP contribution in [0.1, 0.15) is 0 Å². The average Bonchev–Trinajstić information content (AvgIpc) is 3.94. The van der Waals surface area contributed by atoms with Crippen molar-refractivity contribution in [3.8, 4) is 28.7 Å². The molecule has 0 amide bonds. The summed E-state index contributed by atoms with van der Waals surface area (Å²) in [6.07, 6.45) is 0. The van der Waals surface area contributed by atoms with Gasteiger partial charge in [-0.3, -0.25) is 4.57 Å². The molecule has 0 saturated carbocycles. The number of hydrogen-bond donors (Lipinski definition) is 0. The first-order chi connectivity index (χ1) is 25.3. The van der Waals surface area contributed by atoms with Crippen LogP contribution < -0.4 is 0 Å². The molecule has 12 rings (SSSR count). The third kappa shape index (κ3) is 3.57. The van der Waals surface area contributed by atoms with Crippen LogP contribution in [0.4, 0.5) is 0 Å². The van der Waals surface area contributed by atoms with E-state index in [0.717, 1.165) is 82.7 Å². The monoisotopic (exact) mass is 651 g/mol. The number of rotatable bonds is 3. The van der Waals surface area contributed by atoms with E-state index in [4.69, 9.17) is 19.4 Å². The Morgan fingerprint density at radius 3 is 1.82 bits per heavy atom. The SMILES string of the molecule is c1ccc(-c2nc3cc4c5ccccc5n5c6ccc(-c7nc(-n8c9ccccc9c9ccccc98)c8ccccc8n7)cc6c(c3o2)c45)cc1. The van der Waals surface area contributed by atoms with E-state index in [9.17, 15) is 0 Å². The molecule has 7 aromatic carbocycles. The molecule has 0 radical (unpaired) electrons.